The van der Waals surface area contributed by atoms with E-state index in [9.17, 15) is 22.4 Å². The zero-order valence-electron chi connectivity index (χ0n) is 14.8. The van der Waals surface area contributed by atoms with Gasteiger partial charge in [-0.15, -0.1) is 0 Å². The molecule has 8 heteroatoms. The molecule has 29 heavy (non-hydrogen) atoms. The molecule has 1 atom stereocenters. The van der Waals surface area contributed by atoms with Crippen LogP contribution in [0.5, 0.6) is 0 Å². The monoisotopic (exact) mass is 399 g/mol. The Morgan fingerprint density at radius 1 is 0.862 bits per heavy atom. The van der Waals surface area contributed by atoms with Crippen LogP contribution in [0.2, 0.25) is 0 Å². The van der Waals surface area contributed by atoms with Crippen molar-refractivity contribution in [1.29, 1.82) is 0 Å². The fourth-order valence-corrected chi connectivity index (χ4v) is 3.15. The normalized spacial score (nSPS) is 16.1. The van der Waals surface area contributed by atoms with Gasteiger partial charge in [0.25, 0.3) is 11.9 Å². The van der Waals surface area contributed by atoms with Crippen LogP contribution < -0.4 is 5.32 Å². The van der Waals surface area contributed by atoms with Crippen molar-refractivity contribution in [3.05, 3.63) is 94.8 Å². The van der Waals surface area contributed by atoms with Crippen molar-refractivity contribution in [1.82, 2.24) is 4.98 Å². The Balaban J connectivity index is 1.84. The number of carbonyl (C=O) groups is 1. The van der Waals surface area contributed by atoms with Gasteiger partial charge in [0, 0.05) is 17.5 Å². The van der Waals surface area contributed by atoms with Crippen LogP contribution in [0, 0.1) is 23.5 Å². The van der Waals surface area contributed by atoms with Crippen LogP contribution in [0.25, 0.3) is 0 Å². The summed E-state index contributed by atoms with van der Waals surface area (Å²) < 4.78 is 55.0. The highest BCUT2D eigenvalue weighted by atomic mass is 19.2. The maximum Gasteiger partial charge on any atom is 0.253 e. The summed E-state index contributed by atoms with van der Waals surface area (Å²) in [5.41, 5.74) is 1.33. The van der Waals surface area contributed by atoms with Crippen LogP contribution in [-0.2, 0) is 11.2 Å². The Bertz CT molecular complexity index is 1110. The standard InChI is InChI=1S/C21H13F4N3O/c22-15-18(16(23)20(25)28-19(15)24)27-21-14(29)10-12-8-4-5-9-13(12)17(26-21)11-6-2-1-3-7-11/h1-9,21H,10H2,(H,27,28)/t21-/m1/s1. The van der Waals surface area contributed by atoms with Gasteiger partial charge < -0.3 is 5.32 Å². The molecule has 0 saturated carbocycles. The second-order valence-corrected chi connectivity index (χ2v) is 6.39. The third-order valence-corrected chi connectivity index (χ3v) is 4.53. The molecule has 0 bridgehead atoms. The molecule has 4 nitrogen and oxygen atoms in total. The first kappa shape index (κ1) is 18.8. The van der Waals surface area contributed by atoms with Crippen molar-refractivity contribution < 1.29 is 22.4 Å². The van der Waals surface area contributed by atoms with Gasteiger partial charge in [-0.3, -0.25) is 9.79 Å². The van der Waals surface area contributed by atoms with Crippen molar-refractivity contribution in [3.8, 4) is 0 Å². The summed E-state index contributed by atoms with van der Waals surface area (Å²) in [7, 11) is 0. The number of halogens is 4. The van der Waals surface area contributed by atoms with Crippen molar-refractivity contribution in [2.45, 2.75) is 12.6 Å². The molecule has 1 N–H and O–H groups in total. The number of hydrogen-bond donors (Lipinski definition) is 1. The minimum Gasteiger partial charge on any atom is -0.353 e. The molecular weight excluding hydrogens is 386 g/mol. The van der Waals surface area contributed by atoms with Crippen LogP contribution in [-0.4, -0.2) is 22.6 Å². The van der Waals surface area contributed by atoms with Gasteiger partial charge in [-0.1, -0.05) is 54.6 Å². The van der Waals surface area contributed by atoms with Gasteiger partial charge in [-0.05, 0) is 5.56 Å². The number of fused-ring (bicyclic) bond motifs is 1. The molecule has 0 radical (unpaired) electrons. The van der Waals surface area contributed by atoms with Gasteiger partial charge in [0.2, 0.25) is 11.6 Å². The number of nitrogens with one attached hydrogen (secondary N) is 1. The van der Waals surface area contributed by atoms with Crippen LogP contribution in [0.4, 0.5) is 23.2 Å². The number of aliphatic imine (C=N–C) groups is 1. The van der Waals surface area contributed by atoms with Crippen molar-refractivity contribution >= 4 is 17.2 Å². The van der Waals surface area contributed by atoms with E-state index in [-0.39, 0.29) is 6.42 Å². The number of anilines is 1. The molecule has 1 aliphatic heterocycles. The third kappa shape index (κ3) is 3.49. The molecule has 0 aliphatic carbocycles. The second-order valence-electron chi connectivity index (χ2n) is 6.39. The number of rotatable bonds is 3. The largest absolute Gasteiger partial charge is 0.353 e. The minimum absolute atomic E-state index is 0.0764. The molecule has 2 aromatic carbocycles. The summed E-state index contributed by atoms with van der Waals surface area (Å²) >= 11 is 0. The van der Waals surface area contributed by atoms with Crippen LogP contribution in [0.1, 0.15) is 16.7 Å². The summed E-state index contributed by atoms with van der Waals surface area (Å²) in [5, 5.41) is 2.22. The number of aromatic nitrogens is 1. The lowest BCUT2D eigenvalue weighted by Gasteiger charge is -2.16. The first-order chi connectivity index (χ1) is 14.0. The van der Waals surface area contributed by atoms with E-state index in [1.54, 1.807) is 54.6 Å². The Kier molecular flexibility index (Phi) is 4.84. The highest BCUT2D eigenvalue weighted by Crippen LogP contribution is 2.26. The average Bonchev–Trinajstić information content (AvgIpc) is 2.86. The van der Waals surface area contributed by atoms with E-state index in [1.807, 2.05) is 0 Å². The van der Waals surface area contributed by atoms with E-state index in [0.717, 1.165) is 0 Å². The smallest absolute Gasteiger partial charge is 0.253 e. The maximum absolute atomic E-state index is 14.0. The van der Waals surface area contributed by atoms with Gasteiger partial charge in [0.15, 0.2) is 11.9 Å². The highest BCUT2D eigenvalue weighted by molar-refractivity contribution is 6.16. The number of pyridine rings is 1. The van der Waals surface area contributed by atoms with Gasteiger partial charge in [-0.25, -0.2) is 0 Å². The molecule has 0 fully saturated rings. The summed E-state index contributed by atoms with van der Waals surface area (Å²) in [6.45, 7) is 0. The van der Waals surface area contributed by atoms with E-state index < -0.39 is 41.2 Å². The number of hydrogen-bond acceptors (Lipinski definition) is 4. The Morgan fingerprint density at radius 3 is 2.17 bits per heavy atom. The van der Waals surface area contributed by atoms with E-state index >= 15 is 0 Å². The van der Waals surface area contributed by atoms with E-state index in [4.69, 9.17) is 0 Å². The molecule has 2 heterocycles. The van der Waals surface area contributed by atoms with Crippen molar-refractivity contribution in [2.75, 3.05) is 5.32 Å². The first-order valence-corrected chi connectivity index (χ1v) is 8.66. The summed E-state index contributed by atoms with van der Waals surface area (Å²) in [6, 6.07) is 16.0. The van der Waals surface area contributed by atoms with Crippen molar-refractivity contribution in [2.24, 2.45) is 4.99 Å². The number of Topliss-reactive ketones (excluding diaryl/α,β-unsaturated/α-hetero) is 1. The molecule has 4 rings (SSSR count). The predicted molar refractivity (Wildman–Crippen MR) is 98.7 cm³/mol. The molecule has 0 amide bonds. The first-order valence-electron chi connectivity index (χ1n) is 8.66. The third-order valence-electron chi connectivity index (χ3n) is 4.53. The van der Waals surface area contributed by atoms with Gasteiger partial charge in [0.1, 0.15) is 5.69 Å². The van der Waals surface area contributed by atoms with Gasteiger partial charge in [-0.2, -0.15) is 22.5 Å². The number of benzene rings is 2. The number of ketones is 1. The van der Waals surface area contributed by atoms with E-state index in [2.05, 4.69) is 15.3 Å². The second kappa shape index (κ2) is 7.46. The topological polar surface area (TPSA) is 54.4 Å². The molecular formula is C21H13F4N3O. The molecule has 0 saturated heterocycles. The Morgan fingerprint density at radius 2 is 1.48 bits per heavy atom. The average molecular weight is 399 g/mol. The summed E-state index contributed by atoms with van der Waals surface area (Å²) in [6.07, 6.45) is -1.53. The quantitative estimate of drug-likeness (QED) is 0.534. The maximum atomic E-state index is 14.0. The molecule has 0 unspecified atom stereocenters. The molecule has 1 aromatic heterocycles. The highest BCUT2D eigenvalue weighted by Gasteiger charge is 2.29. The number of carbonyl (C=O) groups excluding carboxylic acids is 1. The van der Waals surface area contributed by atoms with Gasteiger partial charge >= 0.3 is 0 Å². The van der Waals surface area contributed by atoms with E-state index in [1.165, 1.54) is 0 Å². The van der Waals surface area contributed by atoms with Crippen LogP contribution >= 0.6 is 0 Å². The van der Waals surface area contributed by atoms with E-state index in [0.29, 0.717) is 22.4 Å². The zero-order chi connectivity index (χ0) is 20.5. The fraction of sp³-hybridized carbons (Fsp3) is 0.0952. The lowest BCUT2D eigenvalue weighted by molar-refractivity contribution is -0.118. The SMILES string of the molecule is O=C1Cc2ccccc2C(c2ccccc2)=N[C@@H]1Nc1c(F)c(F)nc(F)c1F. The zero-order valence-corrected chi connectivity index (χ0v) is 14.8. The molecule has 0 spiro atoms. The lowest BCUT2D eigenvalue weighted by Crippen LogP contribution is -2.30. The van der Waals surface area contributed by atoms with Crippen LogP contribution in [0.3, 0.4) is 0 Å². The predicted octanol–water partition coefficient (Wildman–Crippen LogP) is 4.04. The lowest BCUT2D eigenvalue weighted by atomic mass is 9.96. The molecule has 3 aromatic rings. The van der Waals surface area contributed by atoms with Gasteiger partial charge in [0.05, 0.1) is 5.71 Å². The molecule has 1 aliphatic rings. The van der Waals surface area contributed by atoms with Crippen molar-refractivity contribution in [3.63, 3.8) is 0 Å². The summed E-state index contributed by atoms with van der Waals surface area (Å²) in [4.78, 5) is 19.6. The summed E-state index contributed by atoms with van der Waals surface area (Å²) in [5.74, 6) is -7.60. The Labute approximate surface area is 162 Å². The fourth-order valence-electron chi connectivity index (χ4n) is 3.15. The van der Waals surface area contributed by atoms with Crippen LogP contribution in [0.15, 0.2) is 59.6 Å². The Hall–Kier alpha value is -3.55. The number of nitrogens with zero attached hydrogens (tertiary/aromatic N) is 2. The minimum atomic E-state index is -1.82. The molecule has 146 valence electrons.